The Kier molecular flexibility index (Phi) is 69.6. The molecule has 0 aromatic carbocycles. The number of hydrogen-bond donors (Lipinski definition) is 3. The van der Waals surface area contributed by atoms with E-state index < -0.39 is 97.5 Å². The number of phosphoric acid groups is 2. The summed E-state index contributed by atoms with van der Waals surface area (Å²) in [7, 11) is -9.91. The molecule has 5 atom stereocenters. The van der Waals surface area contributed by atoms with Gasteiger partial charge >= 0.3 is 39.5 Å². The van der Waals surface area contributed by atoms with E-state index in [2.05, 4.69) is 34.6 Å². The van der Waals surface area contributed by atoms with E-state index in [4.69, 9.17) is 37.0 Å². The second kappa shape index (κ2) is 71.1. The van der Waals surface area contributed by atoms with Gasteiger partial charge in [-0.3, -0.25) is 37.3 Å². The molecule has 0 aliphatic rings. The third-order valence-electron chi connectivity index (χ3n) is 18.3. The standard InChI is InChI=1S/C78H152O17P2/c1-6-9-12-15-18-21-24-26-29-33-38-42-47-52-57-62-76(81)89-68-74(95-78(83)64-59-54-49-44-39-34-31-28-27-30-32-36-40-45-50-55-60-71(4)5)70-93-97(86,87)91-66-72(79)65-90-96(84,85)92-69-73(67-88-75(80)61-56-51-46-41-35-23-20-17-14-11-8-3)94-77(82)63-58-53-48-43-37-25-22-19-16-13-10-7-2/h71-74,79H,6-70H2,1-5H3,(H,84,85)(H,86,87)/t72-,73+,74+/m0/s1. The van der Waals surface area contributed by atoms with Crippen LogP contribution in [0.25, 0.3) is 0 Å². The molecule has 0 rings (SSSR count). The minimum atomic E-state index is -4.96. The van der Waals surface area contributed by atoms with Gasteiger partial charge in [0.2, 0.25) is 0 Å². The van der Waals surface area contributed by atoms with Crippen molar-refractivity contribution in [3.8, 4) is 0 Å². The lowest BCUT2D eigenvalue weighted by atomic mass is 10.0. The summed E-state index contributed by atoms with van der Waals surface area (Å²) in [4.78, 5) is 72.9. The molecule has 0 bridgehead atoms. The Hall–Kier alpha value is -1.94. The van der Waals surface area contributed by atoms with Crippen molar-refractivity contribution in [2.45, 2.75) is 432 Å². The highest BCUT2D eigenvalue weighted by Crippen LogP contribution is 2.45. The van der Waals surface area contributed by atoms with Crippen LogP contribution in [0.5, 0.6) is 0 Å². The SMILES string of the molecule is CCCCCCCCCCCCCCCCCC(=O)OC[C@H](COP(=O)(O)OC[C@@H](O)COP(=O)(O)OC[C@@H](COC(=O)CCCCCCCCCCCCC)OC(=O)CCCCCCCCCCCCCC)OC(=O)CCCCCCCCCCCCCCCCCCC(C)C. The number of esters is 4. The second-order valence-corrected chi connectivity index (χ2v) is 31.5. The van der Waals surface area contributed by atoms with Crippen LogP contribution in [-0.2, 0) is 65.4 Å². The van der Waals surface area contributed by atoms with Crippen LogP contribution < -0.4 is 0 Å². The van der Waals surface area contributed by atoms with Gasteiger partial charge in [0, 0.05) is 25.7 Å². The van der Waals surface area contributed by atoms with E-state index in [1.807, 2.05) is 0 Å². The number of aliphatic hydroxyl groups excluding tert-OH is 1. The molecular weight excluding hydrogens is 1270 g/mol. The van der Waals surface area contributed by atoms with Crippen molar-refractivity contribution >= 4 is 39.5 Å². The largest absolute Gasteiger partial charge is 0.472 e. The van der Waals surface area contributed by atoms with E-state index in [-0.39, 0.29) is 25.7 Å². The van der Waals surface area contributed by atoms with E-state index in [9.17, 15) is 43.2 Å². The van der Waals surface area contributed by atoms with E-state index in [1.165, 1.54) is 238 Å². The quantitative estimate of drug-likeness (QED) is 0.0222. The van der Waals surface area contributed by atoms with Crippen molar-refractivity contribution < 1.29 is 80.2 Å². The van der Waals surface area contributed by atoms with Gasteiger partial charge < -0.3 is 33.8 Å². The fourth-order valence-electron chi connectivity index (χ4n) is 12.1. The highest BCUT2D eigenvalue weighted by molar-refractivity contribution is 7.47. The number of rotatable bonds is 78. The number of carbonyl (C=O) groups is 4. The van der Waals surface area contributed by atoms with Crippen molar-refractivity contribution in [2.75, 3.05) is 39.6 Å². The normalized spacial score (nSPS) is 13.9. The maximum atomic E-state index is 13.1. The summed E-state index contributed by atoms with van der Waals surface area (Å²) in [6.07, 6.45) is 60.9. The number of hydrogen-bond acceptors (Lipinski definition) is 15. The monoisotopic (exact) mass is 1420 g/mol. The van der Waals surface area contributed by atoms with E-state index in [0.29, 0.717) is 25.7 Å². The lowest BCUT2D eigenvalue weighted by Crippen LogP contribution is -2.30. The van der Waals surface area contributed by atoms with Crippen molar-refractivity contribution in [3.63, 3.8) is 0 Å². The van der Waals surface area contributed by atoms with Crippen LogP contribution in [0.1, 0.15) is 413 Å². The Labute approximate surface area is 594 Å². The Balaban J connectivity index is 5.23. The van der Waals surface area contributed by atoms with Gasteiger partial charge in [-0.05, 0) is 31.6 Å². The summed E-state index contributed by atoms with van der Waals surface area (Å²) in [6, 6.07) is 0. The second-order valence-electron chi connectivity index (χ2n) is 28.6. The molecule has 0 radical (unpaired) electrons. The van der Waals surface area contributed by atoms with Gasteiger partial charge in [0.15, 0.2) is 12.2 Å². The highest BCUT2D eigenvalue weighted by atomic mass is 31.2. The van der Waals surface area contributed by atoms with Crippen molar-refractivity contribution in [1.29, 1.82) is 0 Å². The number of aliphatic hydroxyl groups is 1. The van der Waals surface area contributed by atoms with Gasteiger partial charge in [-0.2, -0.15) is 0 Å². The van der Waals surface area contributed by atoms with Crippen LogP contribution >= 0.6 is 15.6 Å². The first-order valence-corrected chi connectivity index (χ1v) is 43.6. The molecule has 0 heterocycles. The van der Waals surface area contributed by atoms with Gasteiger partial charge in [0.1, 0.15) is 19.3 Å². The first-order valence-electron chi connectivity index (χ1n) is 40.6. The maximum absolute atomic E-state index is 13.1. The Bertz CT molecular complexity index is 1860. The molecule has 3 N–H and O–H groups in total. The molecule has 576 valence electrons. The zero-order chi connectivity index (χ0) is 71.2. The van der Waals surface area contributed by atoms with Crippen LogP contribution in [0.3, 0.4) is 0 Å². The van der Waals surface area contributed by atoms with Crippen LogP contribution in [0.2, 0.25) is 0 Å². The van der Waals surface area contributed by atoms with Gasteiger partial charge in [-0.25, -0.2) is 9.13 Å². The third kappa shape index (κ3) is 72.2. The van der Waals surface area contributed by atoms with Crippen molar-refractivity contribution in [2.24, 2.45) is 5.92 Å². The summed E-state index contributed by atoms with van der Waals surface area (Å²) >= 11 is 0. The molecule has 0 spiro atoms. The maximum Gasteiger partial charge on any atom is 0.472 e. The van der Waals surface area contributed by atoms with Crippen LogP contribution in [0, 0.1) is 5.92 Å². The molecule has 97 heavy (non-hydrogen) atoms. The van der Waals surface area contributed by atoms with Gasteiger partial charge in [-0.15, -0.1) is 0 Å². The van der Waals surface area contributed by atoms with Crippen LogP contribution in [0.15, 0.2) is 0 Å². The molecular formula is C78H152O17P2. The van der Waals surface area contributed by atoms with Crippen molar-refractivity contribution in [1.82, 2.24) is 0 Å². The van der Waals surface area contributed by atoms with Crippen LogP contribution in [0.4, 0.5) is 0 Å². The zero-order valence-corrected chi connectivity index (χ0v) is 65.0. The van der Waals surface area contributed by atoms with Crippen molar-refractivity contribution in [3.05, 3.63) is 0 Å². The fourth-order valence-corrected chi connectivity index (χ4v) is 13.6. The first-order chi connectivity index (χ1) is 47.0. The minimum Gasteiger partial charge on any atom is -0.462 e. The van der Waals surface area contributed by atoms with E-state index >= 15 is 0 Å². The van der Waals surface area contributed by atoms with Gasteiger partial charge in [0.05, 0.1) is 26.4 Å². The predicted octanol–water partition coefficient (Wildman–Crippen LogP) is 23.3. The fraction of sp³-hybridized carbons (Fsp3) is 0.949. The smallest absolute Gasteiger partial charge is 0.462 e. The minimum absolute atomic E-state index is 0.108. The Morgan fingerprint density at radius 3 is 0.701 bits per heavy atom. The zero-order valence-electron chi connectivity index (χ0n) is 63.2. The summed E-state index contributed by atoms with van der Waals surface area (Å²) < 4.78 is 68.6. The average Bonchev–Trinajstić information content (AvgIpc) is 1.45. The number of carbonyl (C=O) groups excluding carboxylic acids is 4. The molecule has 0 saturated carbocycles. The van der Waals surface area contributed by atoms with E-state index in [1.54, 1.807) is 0 Å². The molecule has 0 aliphatic carbocycles. The molecule has 0 aromatic rings. The topological polar surface area (TPSA) is 237 Å². The number of ether oxygens (including phenoxy) is 4. The van der Waals surface area contributed by atoms with Gasteiger partial charge in [-0.1, -0.05) is 362 Å². The summed E-state index contributed by atoms with van der Waals surface area (Å²) in [5.74, 6) is -1.30. The average molecular weight is 1420 g/mol. The number of unbranched alkanes of at least 4 members (excludes halogenated alkanes) is 50. The Morgan fingerprint density at radius 2 is 0.474 bits per heavy atom. The van der Waals surface area contributed by atoms with Crippen LogP contribution in [-0.4, -0.2) is 96.7 Å². The molecule has 19 heteroatoms. The molecule has 0 saturated heterocycles. The molecule has 17 nitrogen and oxygen atoms in total. The predicted molar refractivity (Wildman–Crippen MR) is 395 cm³/mol. The summed E-state index contributed by atoms with van der Waals surface area (Å²) in [5.41, 5.74) is 0. The number of phosphoric ester groups is 2. The molecule has 0 amide bonds. The molecule has 0 aromatic heterocycles. The summed E-state index contributed by atoms with van der Waals surface area (Å²) in [5, 5.41) is 10.6. The molecule has 2 unspecified atom stereocenters. The Morgan fingerprint density at radius 1 is 0.278 bits per heavy atom. The molecule has 0 fully saturated rings. The lowest BCUT2D eigenvalue weighted by Gasteiger charge is -2.21. The molecule has 0 aliphatic heterocycles. The van der Waals surface area contributed by atoms with Gasteiger partial charge in [0.25, 0.3) is 0 Å². The van der Waals surface area contributed by atoms with E-state index in [0.717, 1.165) is 95.8 Å². The first kappa shape index (κ1) is 95.1. The summed E-state index contributed by atoms with van der Waals surface area (Å²) in [6.45, 7) is 7.34. The highest BCUT2D eigenvalue weighted by Gasteiger charge is 2.30. The lowest BCUT2D eigenvalue weighted by molar-refractivity contribution is -0.161. The third-order valence-corrected chi connectivity index (χ3v) is 20.2.